The van der Waals surface area contributed by atoms with Crippen molar-refractivity contribution in [2.24, 2.45) is 0 Å². The number of nitrogens with one attached hydrogen (secondary N) is 1. The lowest BCUT2D eigenvalue weighted by atomic mass is 9.94. The van der Waals surface area contributed by atoms with Crippen LogP contribution in [0.1, 0.15) is 78.5 Å². The number of likely N-dealkylation sites (tertiary alicyclic amines) is 1. The highest BCUT2D eigenvalue weighted by molar-refractivity contribution is 5.91. The molecule has 4 rings (SSSR count). The molecule has 29 heavy (non-hydrogen) atoms. The van der Waals surface area contributed by atoms with Crippen molar-refractivity contribution in [1.82, 2.24) is 25.2 Å². The van der Waals surface area contributed by atoms with Gasteiger partial charge in [-0.2, -0.15) is 0 Å². The molecule has 1 aromatic carbocycles. The van der Waals surface area contributed by atoms with E-state index in [1.165, 1.54) is 43.2 Å². The molecule has 1 N–H and O–H groups in total. The molecule has 1 atom stereocenters. The fourth-order valence-corrected chi connectivity index (χ4v) is 4.83. The summed E-state index contributed by atoms with van der Waals surface area (Å²) in [5, 5.41) is 11.4. The summed E-state index contributed by atoms with van der Waals surface area (Å²) in [5.41, 5.74) is 3.28. The van der Waals surface area contributed by atoms with E-state index in [0.717, 1.165) is 32.5 Å². The van der Waals surface area contributed by atoms with Gasteiger partial charge < -0.3 is 10.2 Å². The summed E-state index contributed by atoms with van der Waals surface area (Å²) >= 11 is 0. The largest absolute Gasteiger partial charge is 0.349 e. The lowest BCUT2D eigenvalue weighted by Crippen LogP contribution is -2.34. The Kier molecular flexibility index (Phi) is 6.60. The van der Waals surface area contributed by atoms with E-state index in [1.807, 2.05) is 10.9 Å². The molecular weight excluding hydrogens is 362 g/mol. The standard InChI is InChI=1S/C23H33N5O/c1-18-8-6-7-11-21(18)19-12-14-27(16-19)15-13-24-23(29)22-17-28(26-25-22)20-9-4-2-3-5-10-20/h6-8,11,17,19-20H,2-5,9-10,12-16H2,1H3,(H,24,29)/t19-/m0/s1. The summed E-state index contributed by atoms with van der Waals surface area (Å²) in [6, 6.07) is 9.08. The van der Waals surface area contributed by atoms with Gasteiger partial charge in [0.15, 0.2) is 5.69 Å². The number of carbonyl (C=O) groups excluding carboxylic acids is 1. The first-order chi connectivity index (χ1) is 14.2. The molecule has 2 aromatic rings. The molecule has 0 bridgehead atoms. The monoisotopic (exact) mass is 395 g/mol. The Bertz CT molecular complexity index is 809. The number of aromatic nitrogens is 3. The smallest absolute Gasteiger partial charge is 0.273 e. The molecule has 1 amide bonds. The van der Waals surface area contributed by atoms with Crippen LogP contribution in [0.5, 0.6) is 0 Å². The van der Waals surface area contributed by atoms with Crippen LogP contribution >= 0.6 is 0 Å². The molecule has 1 aromatic heterocycles. The van der Waals surface area contributed by atoms with Crippen LogP contribution in [0.15, 0.2) is 30.5 Å². The highest BCUT2D eigenvalue weighted by Gasteiger charge is 2.24. The average Bonchev–Trinajstić information content (AvgIpc) is 3.32. The van der Waals surface area contributed by atoms with Gasteiger partial charge in [-0.1, -0.05) is 55.2 Å². The predicted molar refractivity (Wildman–Crippen MR) is 114 cm³/mol. The number of nitrogens with zero attached hydrogens (tertiary/aromatic N) is 4. The van der Waals surface area contributed by atoms with Gasteiger partial charge >= 0.3 is 0 Å². The van der Waals surface area contributed by atoms with E-state index in [4.69, 9.17) is 0 Å². The number of amides is 1. The minimum atomic E-state index is -0.112. The molecule has 1 saturated carbocycles. The van der Waals surface area contributed by atoms with Gasteiger partial charge in [-0.15, -0.1) is 5.10 Å². The molecule has 2 heterocycles. The maximum Gasteiger partial charge on any atom is 0.273 e. The van der Waals surface area contributed by atoms with Crippen LogP contribution < -0.4 is 5.32 Å². The number of benzene rings is 1. The first kappa shape index (κ1) is 20.1. The Balaban J connectivity index is 1.23. The van der Waals surface area contributed by atoms with Crippen LogP contribution in [0.4, 0.5) is 0 Å². The zero-order valence-electron chi connectivity index (χ0n) is 17.5. The lowest BCUT2D eigenvalue weighted by Gasteiger charge is -2.17. The molecule has 1 saturated heterocycles. The average molecular weight is 396 g/mol. The van der Waals surface area contributed by atoms with Crippen LogP contribution in [0.2, 0.25) is 0 Å². The maximum atomic E-state index is 12.5. The molecule has 1 aliphatic heterocycles. The Morgan fingerprint density at radius 2 is 1.93 bits per heavy atom. The van der Waals surface area contributed by atoms with E-state index < -0.39 is 0 Å². The van der Waals surface area contributed by atoms with Gasteiger partial charge in [0.2, 0.25) is 0 Å². The number of hydrogen-bond donors (Lipinski definition) is 1. The van der Waals surface area contributed by atoms with Gasteiger partial charge in [-0.05, 0) is 49.8 Å². The fraction of sp³-hybridized carbons (Fsp3) is 0.609. The normalized spacial score (nSPS) is 21.2. The third-order valence-corrected chi connectivity index (χ3v) is 6.56. The van der Waals surface area contributed by atoms with Gasteiger partial charge in [0, 0.05) is 19.6 Å². The van der Waals surface area contributed by atoms with Gasteiger partial charge in [-0.3, -0.25) is 4.79 Å². The molecular formula is C23H33N5O. The van der Waals surface area contributed by atoms with Crippen LogP contribution in [0, 0.1) is 6.92 Å². The van der Waals surface area contributed by atoms with Crippen molar-refractivity contribution in [1.29, 1.82) is 0 Å². The second-order valence-electron chi connectivity index (χ2n) is 8.63. The number of rotatable bonds is 6. The summed E-state index contributed by atoms with van der Waals surface area (Å²) in [4.78, 5) is 14.9. The summed E-state index contributed by atoms with van der Waals surface area (Å²) in [7, 11) is 0. The Hall–Kier alpha value is -2.21. The summed E-state index contributed by atoms with van der Waals surface area (Å²) < 4.78 is 1.91. The van der Waals surface area contributed by atoms with Crippen molar-refractivity contribution in [2.75, 3.05) is 26.2 Å². The zero-order chi connectivity index (χ0) is 20.1. The van der Waals surface area contributed by atoms with E-state index in [0.29, 0.717) is 24.2 Å². The fourth-order valence-electron chi connectivity index (χ4n) is 4.83. The SMILES string of the molecule is Cc1ccccc1[C@H]1CCN(CCNC(=O)c2cn(C3CCCCCC3)nn2)C1. The number of aryl methyl sites for hydroxylation is 1. The molecule has 6 heteroatoms. The van der Waals surface area contributed by atoms with Crippen LogP contribution in [-0.2, 0) is 0 Å². The van der Waals surface area contributed by atoms with Crippen LogP contribution in [0.3, 0.4) is 0 Å². The van der Waals surface area contributed by atoms with E-state index >= 15 is 0 Å². The molecule has 1 aliphatic carbocycles. The van der Waals surface area contributed by atoms with E-state index in [2.05, 4.69) is 51.7 Å². The highest BCUT2D eigenvalue weighted by atomic mass is 16.2. The van der Waals surface area contributed by atoms with Crippen molar-refractivity contribution in [2.45, 2.75) is 63.8 Å². The molecule has 156 valence electrons. The Morgan fingerprint density at radius 3 is 2.72 bits per heavy atom. The third kappa shape index (κ3) is 5.04. The minimum absolute atomic E-state index is 0.112. The Labute approximate surface area is 173 Å². The highest BCUT2D eigenvalue weighted by Crippen LogP contribution is 2.29. The van der Waals surface area contributed by atoms with Gasteiger partial charge in [0.25, 0.3) is 5.91 Å². The lowest BCUT2D eigenvalue weighted by molar-refractivity contribution is 0.0944. The molecule has 2 aliphatic rings. The first-order valence-electron chi connectivity index (χ1n) is 11.2. The van der Waals surface area contributed by atoms with E-state index in [-0.39, 0.29) is 5.91 Å². The zero-order valence-corrected chi connectivity index (χ0v) is 17.5. The Morgan fingerprint density at radius 1 is 1.14 bits per heavy atom. The summed E-state index contributed by atoms with van der Waals surface area (Å²) in [6.07, 6.45) is 10.4. The second-order valence-corrected chi connectivity index (χ2v) is 8.63. The maximum absolute atomic E-state index is 12.5. The molecule has 6 nitrogen and oxygen atoms in total. The first-order valence-corrected chi connectivity index (χ1v) is 11.2. The topological polar surface area (TPSA) is 63.1 Å². The van der Waals surface area contributed by atoms with Crippen molar-refractivity contribution in [3.05, 3.63) is 47.3 Å². The van der Waals surface area contributed by atoms with E-state index in [1.54, 1.807) is 0 Å². The van der Waals surface area contributed by atoms with Crippen molar-refractivity contribution in [3.8, 4) is 0 Å². The van der Waals surface area contributed by atoms with E-state index in [9.17, 15) is 4.79 Å². The van der Waals surface area contributed by atoms with Gasteiger partial charge in [0.05, 0.1) is 12.2 Å². The quantitative estimate of drug-likeness (QED) is 0.758. The summed E-state index contributed by atoms with van der Waals surface area (Å²) in [5.74, 6) is 0.492. The molecule has 0 radical (unpaired) electrons. The number of hydrogen-bond acceptors (Lipinski definition) is 4. The molecule has 2 fully saturated rings. The summed E-state index contributed by atoms with van der Waals surface area (Å²) in [6.45, 7) is 5.88. The number of carbonyl (C=O) groups is 1. The third-order valence-electron chi connectivity index (χ3n) is 6.56. The minimum Gasteiger partial charge on any atom is -0.349 e. The van der Waals surface area contributed by atoms with Crippen molar-refractivity contribution >= 4 is 5.91 Å². The predicted octanol–water partition coefficient (Wildman–Crippen LogP) is 3.70. The van der Waals surface area contributed by atoms with Crippen LogP contribution in [-0.4, -0.2) is 52.0 Å². The second kappa shape index (κ2) is 9.53. The molecule has 0 spiro atoms. The van der Waals surface area contributed by atoms with Crippen molar-refractivity contribution in [3.63, 3.8) is 0 Å². The molecule has 0 unspecified atom stereocenters. The van der Waals surface area contributed by atoms with Crippen molar-refractivity contribution < 1.29 is 4.79 Å². The van der Waals surface area contributed by atoms with Gasteiger partial charge in [-0.25, -0.2) is 4.68 Å². The van der Waals surface area contributed by atoms with Crippen LogP contribution in [0.25, 0.3) is 0 Å². The van der Waals surface area contributed by atoms with Gasteiger partial charge in [0.1, 0.15) is 0 Å².